The molecule has 2 nitrogen and oxygen atoms in total. The van der Waals surface area contributed by atoms with Crippen LogP contribution in [-0.4, -0.2) is 18.0 Å². The van der Waals surface area contributed by atoms with Crippen LogP contribution in [0, 0.1) is 5.82 Å². The van der Waals surface area contributed by atoms with E-state index in [4.69, 9.17) is 4.74 Å². The SMILES string of the molecule is COc1ccc(C=CCCSC(C)=O)c(F)c1. The van der Waals surface area contributed by atoms with Gasteiger partial charge in [0.05, 0.1) is 7.11 Å². The fourth-order valence-corrected chi connectivity index (χ4v) is 1.79. The molecule has 17 heavy (non-hydrogen) atoms. The number of carbonyl (C=O) groups is 1. The van der Waals surface area contributed by atoms with Crippen molar-refractivity contribution in [2.24, 2.45) is 0 Å². The molecule has 0 saturated carbocycles. The van der Waals surface area contributed by atoms with Gasteiger partial charge in [-0.3, -0.25) is 4.79 Å². The minimum absolute atomic E-state index is 0.106. The Morgan fingerprint density at radius 2 is 2.29 bits per heavy atom. The van der Waals surface area contributed by atoms with E-state index in [2.05, 4.69) is 0 Å². The summed E-state index contributed by atoms with van der Waals surface area (Å²) < 4.78 is 18.4. The van der Waals surface area contributed by atoms with Crippen LogP contribution in [0.2, 0.25) is 0 Å². The van der Waals surface area contributed by atoms with Gasteiger partial charge in [-0.1, -0.05) is 23.9 Å². The molecule has 92 valence electrons. The van der Waals surface area contributed by atoms with E-state index in [0.717, 1.165) is 12.2 Å². The number of ether oxygens (including phenoxy) is 1. The van der Waals surface area contributed by atoms with Crippen molar-refractivity contribution in [1.29, 1.82) is 0 Å². The van der Waals surface area contributed by atoms with Gasteiger partial charge in [-0.2, -0.15) is 0 Å². The number of halogens is 1. The first-order valence-electron chi connectivity index (χ1n) is 5.27. The van der Waals surface area contributed by atoms with Gasteiger partial charge < -0.3 is 4.74 Å². The molecular formula is C13H15FO2S. The molecular weight excluding hydrogens is 239 g/mol. The fraction of sp³-hybridized carbons (Fsp3) is 0.308. The van der Waals surface area contributed by atoms with Crippen molar-refractivity contribution in [3.8, 4) is 5.75 Å². The number of rotatable bonds is 5. The fourth-order valence-electron chi connectivity index (χ4n) is 1.25. The van der Waals surface area contributed by atoms with Crippen LogP contribution in [0.3, 0.4) is 0 Å². The van der Waals surface area contributed by atoms with Crippen molar-refractivity contribution in [2.45, 2.75) is 13.3 Å². The maximum atomic E-state index is 13.5. The first-order chi connectivity index (χ1) is 8.13. The van der Waals surface area contributed by atoms with Gasteiger partial charge in [0.1, 0.15) is 11.6 Å². The molecule has 0 aliphatic rings. The highest BCUT2D eigenvalue weighted by atomic mass is 32.2. The van der Waals surface area contributed by atoms with Crippen LogP contribution in [0.25, 0.3) is 6.08 Å². The number of benzene rings is 1. The molecule has 0 aromatic heterocycles. The summed E-state index contributed by atoms with van der Waals surface area (Å²) >= 11 is 1.27. The van der Waals surface area contributed by atoms with Crippen LogP contribution < -0.4 is 4.74 Å². The monoisotopic (exact) mass is 254 g/mol. The normalized spacial score (nSPS) is 10.8. The summed E-state index contributed by atoms with van der Waals surface area (Å²) in [4.78, 5) is 10.7. The van der Waals surface area contributed by atoms with E-state index in [9.17, 15) is 9.18 Å². The second-order valence-electron chi connectivity index (χ2n) is 3.42. The van der Waals surface area contributed by atoms with Gasteiger partial charge in [-0.25, -0.2) is 4.39 Å². The number of carbonyl (C=O) groups excluding carboxylic acids is 1. The number of allylic oxidation sites excluding steroid dienone is 1. The van der Waals surface area contributed by atoms with Crippen molar-refractivity contribution in [3.05, 3.63) is 35.7 Å². The molecule has 0 spiro atoms. The predicted octanol–water partition coefficient (Wildman–Crippen LogP) is 3.52. The van der Waals surface area contributed by atoms with Crippen LogP contribution in [0.1, 0.15) is 18.9 Å². The quantitative estimate of drug-likeness (QED) is 0.752. The number of methoxy groups -OCH3 is 1. The third-order valence-corrected chi connectivity index (χ3v) is 2.94. The van der Waals surface area contributed by atoms with Crippen LogP contribution in [0.15, 0.2) is 24.3 Å². The average molecular weight is 254 g/mol. The summed E-state index contributed by atoms with van der Waals surface area (Å²) in [6, 6.07) is 4.74. The van der Waals surface area contributed by atoms with Gasteiger partial charge in [-0.05, 0) is 18.6 Å². The lowest BCUT2D eigenvalue weighted by Crippen LogP contribution is -1.87. The number of hydrogen-bond donors (Lipinski definition) is 0. The van der Waals surface area contributed by atoms with Crippen molar-refractivity contribution < 1.29 is 13.9 Å². The van der Waals surface area contributed by atoms with Crippen LogP contribution in [-0.2, 0) is 4.79 Å². The Morgan fingerprint density at radius 1 is 1.53 bits per heavy atom. The lowest BCUT2D eigenvalue weighted by Gasteiger charge is -2.01. The van der Waals surface area contributed by atoms with Crippen molar-refractivity contribution in [3.63, 3.8) is 0 Å². The van der Waals surface area contributed by atoms with Gasteiger partial charge in [-0.15, -0.1) is 0 Å². The van der Waals surface area contributed by atoms with E-state index in [-0.39, 0.29) is 10.9 Å². The summed E-state index contributed by atoms with van der Waals surface area (Å²) in [5.41, 5.74) is 0.527. The Labute approximate surface area is 105 Å². The number of thioether (sulfide) groups is 1. The third-order valence-electron chi connectivity index (χ3n) is 2.09. The third kappa shape index (κ3) is 5.04. The number of hydrogen-bond acceptors (Lipinski definition) is 3. The molecule has 0 bridgehead atoms. The summed E-state index contributed by atoms with van der Waals surface area (Å²) in [6.07, 6.45) is 4.33. The highest BCUT2D eigenvalue weighted by Gasteiger charge is 2.00. The van der Waals surface area contributed by atoms with Gasteiger partial charge in [0, 0.05) is 24.3 Å². The first kappa shape index (κ1) is 13.8. The van der Waals surface area contributed by atoms with Crippen LogP contribution in [0.5, 0.6) is 5.75 Å². The maximum Gasteiger partial charge on any atom is 0.185 e. The van der Waals surface area contributed by atoms with E-state index in [1.807, 2.05) is 6.08 Å². The largest absolute Gasteiger partial charge is 0.497 e. The molecule has 0 fully saturated rings. The van der Waals surface area contributed by atoms with Crippen LogP contribution >= 0.6 is 11.8 Å². The zero-order chi connectivity index (χ0) is 12.7. The Bertz CT molecular complexity index is 416. The molecule has 4 heteroatoms. The van der Waals surface area contributed by atoms with Gasteiger partial charge >= 0.3 is 0 Å². The lowest BCUT2D eigenvalue weighted by atomic mass is 10.2. The minimum Gasteiger partial charge on any atom is -0.497 e. The Morgan fingerprint density at radius 3 is 2.88 bits per heavy atom. The van der Waals surface area contributed by atoms with E-state index in [0.29, 0.717) is 11.3 Å². The smallest absolute Gasteiger partial charge is 0.185 e. The van der Waals surface area contributed by atoms with E-state index < -0.39 is 0 Å². The molecule has 0 saturated heterocycles. The molecule has 1 aromatic carbocycles. The summed E-state index contributed by atoms with van der Waals surface area (Å²) in [5, 5.41) is 0.106. The topological polar surface area (TPSA) is 26.3 Å². The summed E-state index contributed by atoms with van der Waals surface area (Å²) in [5.74, 6) is 0.926. The molecule has 0 N–H and O–H groups in total. The Hall–Kier alpha value is -1.29. The standard InChI is InChI=1S/C13H15FO2S/c1-10(15)17-8-4-3-5-11-6-7-12(16-2)9-13(11)14/h3,5-7,9H,4,8H2,1-2H3. The average Bonchev–Trinajstić information content (AvgIpc) is 2.30. The molecule has 0 aliphatic heterocycles. The van der Waals surface area contributed by atoms with Gasteiger partial charge in [0.15, 0.2) is 5.12 Å². The molecule has 0 unspecified atom stereocenters. The summed E-state index contributed by atoms with van der Waals surface area (Å²) in [7, 11) is 1.50. The first-order valence-corrected chi connectivity index (χ1v) is 6.25. The van der Waals surface area contributed by atoms with Crippen molar-refractivity contribution >= 4 is 23.0 Å². The maximum absolute atomic E-state index is 13.5. The molecule has 0 radical (unpaired) electrons. The summed E-state index contributed by atoms with van der Waals surface area (Å²) in [6.45, 7) is 1.54. The van der Waals surface area contributed by atoms with Crippen molar-refractivity contribution in [1.82, 2.24) is 0 Å². The Balaban J connectivity index is 2.50. The minimum atomic E-state index is -0.306. The van der Waals surface area contributed by atoms with Crippen molar-refractivity contribution in [2.75, 3.05) is 12.9 Å². The lowest BCUT2D eigenvalue weighted by molar-refractivity contribution is -0.109. The highest BCUT2D eigenvalue weighted by Crippen LogP contribution is 2.17. The van der Waals surface area contributed by atoms with Gasteiger partial charge in [0.2, 0.25) is 0 Å². The molecule has 1 aromatic rings. The molecule has 0 heterocycles. The molecule has 1 rings (SSSR count). The van der Waals surface area contributed by atoms with E-state index in [1.165, 1.54) is 31.9 Å². The predicted molar refractivity (Wildman–Crippen MR) is 69.7 cm³/mol. The van der Waals surface area contributed by atoms with Crippen LogP contribution in [0.4, 0.5) is 4.39 Å². The molecule has 0 aliphatic carbocycles. The second-order valence-corrected chi connectivity index (χ2v) is 4.69. The zero-order valence-electron chi connectivity index (χ0n) is 9.90. The molecule has 0 atom stereocenters. The second kappa shape index (κ2) is 7.12. The Kier molecular flexibility index (Phi) is 5.77. The van der Waals surface area contributed by atoms with E-state index >= 15 is 0 Å². The zero-order valence-corrected chi connectivity index (χ0v) is 10.7. The van der Waals surface area contributed by atoms with E-state index in [1.54, 1.807) is 18.2 Å². The van der Waals surface area contributed by atoms with Gasteiger partial charge in [0.25, 0.3) is 0 Å². The highest BCUT2D eigenvalue weighted by molar-refractivity contribution is 8.13. The molecule has 0 amide bonds.